The summed E-state index contributed by atoms with van der Waals surface area (Å²) in [4.78, 5) is 19.0. The zero-order valence-corrected chi connectivity index (χ0v) is 18.6. The van der Waals surface area contributed by atoms with Crippen molar-refractivity contribution in [2.75, 3.05) is 46.9 Å². The predicted molar refractivity (Wildman–Crippen MR) is 116 cm³/mol. The van der Waals surface area contributed by atoms with Gasteiger partial charge in [0.05, 0.1) is 0 Å². The number of aliphatic imine (C=N–C) groups is 1. The number of amides is 1. The minimum atomic E-state index is -0.00861. The minimum Gasteiger partial charge on any atom is -0.382 e. The second-order valence-corrected chi connectivity index (χ2v) is 6.57. The maximum atomic E-state index is 11.7. The Morgan fingerprint density at radius 1 is 1.28 bits per heavy atom. The van der Waals surface area contributed by atoms with Gasteiger partial charge in [-0.2, -0.15) is 0 Å². The Labute approximate surface area is 172 Å². The molecule has 2 N–H and O–H groups in total. The van der Waals surface area contributed by atoms with Crippen molar-refractivity contribution in [3.05, 3.63) is 22.4 Å². The van der Waals surface area contributed by atoms with Crippen LogP contribution in [0.4, 0.5) is 0 Å². The molecule has 1 rings (SSSR count). The molecule has 144 valence electrons. The number of carbonyl (C=O) groups excluding carboxylic acids is 1. The summed E-state index contributed by atoms with van der Waals surface area (Å²) in [6.45, 7) is 5.31. The van der Waals surface area contributed by atoms with E-state index >= 15 is 0 Å². The van der Waals surface area contributed by atoms with Crippen molar-refractivity contribution in [1.82, 2.24) is 15.5 Å². The van der Waals surface area contributed by atoms with Crippen molar-refractivity contribution in [2.24, 2.45) is 4.99 Å². The molecule has 8 heteroatoms. The van der Waals surface area contributed by atoms with Crippen molar-refractivity contribution < 1.29 is 9.53 Å². The third kappa shape index (κ3) is 12.2. The number of hydrogen-bond donors (Lipinski definition) is 2. The number of rotatable bonds is 11. The molecule has 0 fully saturated rings. The molecule has 0 saturated carbocycles. The van der Waals surface area contributed by atoms with E-state index in [0.29, 0.717) is 5.96 Å². The zero-order valence-electron chi connectivity index (χ0n) is 15.4. The Bertz CT molecular complexity index is 481. The molecule has 6 nitrogen and oxygen atoms in total. The smallest absolute Gasteiger partial charge is 0.243 e. The number of unbranched alkanes of at least 4 members (excludes halogenated alkanes) is 1. The van der Waals surface area contributed by atoms with Crippen LogP contribution >= 0.6 is 35.3 Å². The van der Waals surface area contributed by atoms with E-state index in [1.165, 1.54) is 4.88 Å². The second kappa shape index (κ2) is 15.4. The third-order valence-electron chi connectivity index (χ3n) is 3.33. The minimum absolute atomic E-state index is 0. The quantitative estimate of drug-likeness (QED) is 0.220. The van der Waals surface area contributed by atoms with Crippen LogP contribution in [0.5, 0.6) is 0 Å². The average molecular weight is 482 g/mol. The molecule has 0 aliphatic heterocycles. The molecule has 1 amide bonds. The number of thiophene rings is 1. The van der Waals surface area contributed by atoms with E-state index in [9.17, 15) is 4.79 Å². The van der Waals surface area contributed by atoms with Crippen LogP contribution in [-0.4, -0.2) is 63.7 Å². The van der Waals surface area contributed by atoms with Crippen LogP contribution in [0, 0.1) is 0 Å². The van der Waals surface area contributed by atoms with Gasteiger partial charge in [-0.1, -0.05) is 6.07 Å². The third-order valence-corrected chi connectivity index (χ3v) is 4.26. The van der Waals surface area contributed by atoms with Crippen molar-refractivity contribution in [1.29, 1.82) is 0 Å². The van der Waals surface area contributed by atoms with Crippen LogP contribution in [-0.2, 0) is 16.0 Å². The Hall–Kier alpha value is -0.870. The Kier molecular flexibility index (Phi) is 14.9. The highest BCUT2D eigenvalue weighted by Crippen LogP contribution is 2.07. The van der Waals surface area contributed by atoms with Gasteiger partial charge in [0, 0.05) is 45.3 Å². The Balaban J connectivity index is 0.00000576. The lowest BCUT2D eigenvalue weighted by molar-refractivity contribution is -0.127. The largest absolute Gasteiger partial charge is 0.382 e. The predicted octanol–water partition coefficient (Wildman–Crippen LogP) is 2.35. The molecular weight excluding hydrogens is 451 g/mol. The topological polar surface area (TPSA) is 66.0 Å². The molecule has 0 saturated heterocycles. The normalized spacial score (nSPS) is 10.9. The first-order valence-corrected chi connectivity index (χ1v) is 9.34. The summed E-state index contributed by atoms with van der Waals surface area (Å²) in [5.74, 6) is 0.684. The molecule has 1 aromatic heterocycles. The Morgan fingerprint density at radius 3 is 2.68 bits per heavy atom. The molecule has 0 aliphatic carbocycles. The van der Waals surface area contributed by atoms with E-state index < -0.39 is 0 Å². The first kappa shape index (κ1) is 24.1. The van der Waals surface area contributed by atoms with Gasteiger partial charge in [0.25, 0.3) is 0 Å². The van der Waals surface area contributed by atoms with E-state index in [2.05, 4.69) is 33.1 Å². The Morgan fingerprint density at radius 2 is 2.04 bits per heavy atom. The number of nitrogens with zero attached hydrogens (tertiary/aromatic N) is 2. The molecule has 0 bridgehead atoms. The van der Waals surface area contributed by atoms with Crippen molar-refractivity contribution in [3.8, 4) is 0 Å². The first-order chi connectivity index (χ1) is 11.6. The molecule has 1 aromatic rings. The summed E-state index contributed by atoms with van der Waals surface area (Å²) < 4.78 is 5.33. The van der Waals surface area contributed by atoms with Gasteiger partial charge in [-0.05, 0) is 37.6 Å². The fourth-order valence-electron chi connectivity index (χ4n) is 1.90. The van der Waals surface area contributed by atoms with Crippen LogP contribution in [0.25, 0.3) is 0 Å². The highest BCUT2D eigenvalue weighted by Gasteiger charge is 2.04. The van der Waals surface area contributed by atoms with Crippen LogP contribution in [0.1, 0.15) is 24.6 Å². The van der Waals surface area contributed by atoms with E-state index in [1.807, 2.05) is 6.92 Å². The number of likely N-dealkylation sites (N-methyl/N-ethyl adjacent to an activating group) is 1. The number of nitrogens with one attached hydrogen (secondary N) is 2. The fraction of sp³-hybridized carbons (Fsp3) is 0.647. The molecule has 25 heavy (non-hydrogen) atoms. The van der Waals surface area contributed by atoms with E-state index in [0.717, 1.165) is 45.6 Å². The summed E-state index contributed by atoms with van der Waals surface area (Å²) in [5, 5.41) is 8.67. The summed E-state index contributed by atoms with van der Waals surface area (Å²) in [6, 6.07) is 4.18. The van der Waals surface area contributed by atoms with Gasteiger partial charge in [0.2, 0.25) is 5.91 Å². The SMILES string of the molecule is CCOCCCCNC(=NCC(=O)N(C)C)NCCc1cccs1.I. The van der Waals surface area contributed by atoms with E-state index in [4.69, 9.17) is 4.74 Å². The van der Waals surface area contributed by atoms with E-state index in [-0.39, 0.29) is 36.4 Å². The van der Waals surface area contributed by atoms with E-state index in [1.54, 1.807) is 30.3 Å². The van der Waals surface area contributed by atoms with Gasteiger partial charge in [-0.15, -0.1) is 35.3 Å². The molecule has 0 aliphatic rings. The lowest BCUT2D eigenvalue weighted by Gasteiger charge is -2.13. The standard InChI is InChI=1S/C17H30N4O2S.HI/c1-4-23-12-6-5-10-18-17(20-14-16(22)21(2)3)19-11-9-15-8-7-13-24-15;/h7-8,13H,4-6,9-12,14H2,1-3H3,(H2,18,19,20);1H. The highest BCUT2D eigenvalue weighted by molar-refractivity contribution is 14.0. The van der Waals surface area contributed by atoms with Crippen molar-refractivity contribution in [2.45, 2.75) is 26.2 Å². The first-order valence-electron chi connectivity index (χ1n) is 8.46. The summed E-state index contributed by atoms with van der Waals surface area (Å²) in [7, 11) is 3.48. The average Bonchev–Trinajstić information content (AvgIpc) is 3.08. The van der Waals surface area contributed by atoms with Crippen molar-refractivity contribution in [3.63, 3.8) is 0 Å². The van der Waals surface area contributed by atoms with Crippen LogP contribution in [0.2, 0.25) is 0 Å². The highest BCUT2D eigenvalue weighted by atomic mass is 127. The molecule has 0 aromatic carbocycles. The lowest BCUT2D eigenvalue weighted by atomic mass is 10.3. The number of halogens is 1. The molecular formula is C17H31IN4O2S. The number of guanidine groups is 1. The van der Waals surface area contributed by atoms with Gasteiger partial charge in [-0.25, -0.2) is 4.99 Å². The summed E-state index contributed by atoms with van der Waals surface area (Å²) in [6.07, 6.45) is 2.97. The monoisotopic (exact) mass is 482 g/mol. The molecule has 0 atom stereocenters. The van der Waals surface area contributed by atoms with Gasteiger partial charge in [0.15, 0.2) is 5.96 Å². The van der Waals surface area contributed by atoms with Gasteiger partial charge in [0.1, 0.15) is 6.54 Å². The maximum Gasteiger partial charge on any atom is 0.243 e. The molecule has 0 spiro atoms. The number of carbonyl (C=O) groups is 1. The molecule has 0 unspecified atom stereocenters. The lowest BCUT2D eigenvalue weighted by Crippen LogP contribution is -2.40. The number of hydrogen-bond acceptors (Lipinski definition) is 4. The van der Waals surface area contributed by atoms with Gasteiger partial charge in [-0.3, -0.25) is 4.79 Å². The maximum absolute atomic E-state index is 11.7. The second-order valence-electron chi connectivity index (χ2n) is 5.54. The van der Waals surface area contributed by atoms with Gasteiger partial charge >= 0.3 is 0 Å². The molecule has 1 heterocycles. The van der Waals surface area contributed by atoms with Crippen LogP contribution in [0.15, 0.2) is 22.5 Å². The van der Waals surface area contributed by atoms with Crippen LogP contribution < -0.4 is 10.6 Å². The summed E-state index contributed by atoms with van der Waals surface area (Å²) in [5.41, 5.74) is 0. The fourth-order valence-corrected chi connectivity index (χ4v) is 2.61. The number of ether oxygens (including phenoxy) is 1. The summed E-state index contributed by atoms with van der Waals surface area (Å²) >= 11 is 1.75. The van der Waals surface area contributed by atoms with Crippen molar-refractivity contribution >= 4 is 47.2 Å². The molecule has 0 radical (unpaired) electrons. The van der Waals surface area contributed by atoms with Gasteiger partial charge < -0.3 is 20.3 Å². The van der Waals surface area contributed by atoms with Crippen LogP contribution in [0.3, 0.4) is 0 Å². The zero-order chi connectivity index (χ0) is 17.6.